The molecule has 0 amide bonds. The van der Waals surface area contributed by atoms with E-state index >= 15 is 0 Å². The molecule has 0 bridgehead atoms. The van der Waals surface area contributed by atoms with E-state index in [9.17, 15) is 0 Å². The second-order valence-electron chi connectivity index (χ2n) is 4.14. The number of hydrogen-bond donors (Lipinski definition) is 2. The van der Waals surface area contributed by atoms with Gasteiger partial charge in [0.1, 0.15) is 0 Å². The first kappa shape index (κ1) is 17.9. The largest absolute Gasteiger partial charge is 0.357 e. The van der Waals surface area contributed by atoms with E-state index in [2.05, 4.69) is 34.2 Å². The zero-order valence-electron chi connectivity index (χ0n) is 12.2. The molecule has 1 heterocycles. The SMILES string of the molecule is C=CCNC(=NCc1c(C)nn(C)c1C)NCC.I. The van der Waals surface area contributed by atoms with Gasteiger partial charge in [-0.3, -0.25) is 4.68 Å². The summed E-state index contributed by atoms with van der Waals surface area (Å²) in [6.45, 7) is 12.0. The summed E-state index contributed by atoms with van der Waals surface area (Å²) in [6.07, 6.45) is 1.81. The zero-order valence-corrected chi connectivity index (χ0v) is 14.5. The Morgan fingerprint density at radius 3 is 2.58 bits per heavy atom. The molecule has 0 aliphatic carbocycles. The lowest BCUT2D eigenvalue weighted by Gasteiger charge is -2.09. The van der Waals surface area contributed by atoms with Gasteiger partial charge in [-0.05, 0) is 20.8 Å². The number of guanidine groups is 1. The number of nitrogens with zero attached hydrogens (tertiary/aromatic N) is 3. The van der Waals surface area contributed by atoms with Crippen LogP contribution in [0.4, 0.5) is 0 Å². The van der Waals surface area contributed by atoms with Crippen LogP contribution in [-0.2, 0) is 13.6 Å². The predicted octanol–water partition coefficient (Wildman–Crippen LogP) is 1.90. The van der Waals surface area contributed by atoms with Gasteiger partial charge >= 0.3 is 0 Å². The highest BCUT2D eigenvalue weighted by atomic mass is 127. The van der Waals surface area contributed by atoms with Gasteiger partial charge in [0.2, 0.25) is 0 Å². The molecule has 0 radical (unpaired) electrons. The Bertz CT molecular complexity index is 436. The summed E-state index contributed by atoms with van der Waals surface area (Å²) in [6, 6.07) is 0. The number of aryl methyl sites for hydroxylation is 2. The topological polar surface area (TPSA) is 54.2 Å². The van der Waals surface area contributed by atoms with Gasteiger partial charge in [-0.15, -0.1) is 30.6 Å². The zero-order chi connectivity index (χ0) is 13.5. The molecule has 0 fully saturated rings. The minimum atomic E-state index is 0. The van der Waals surface area contributed by atoms with Crippen molar-refractivity contribution >= 4 is 29.9 Å². The van der Waals surface area contributed by atoms with Crippen molar-refractivity contribution in [2.75, 3.05) is 13.1 Å². The number of aromatic nitrogens is 2. The van der Waals surface area contributed by atoms with E-state index in [4.69, 9.17) is 0 Å². The van der Waals surface area contributed by atoms with Crippen molar-refractivity contribution in [1.82, 2.24) is 20.4 Å². The summed E-state index contributed by atoms with van der Waals surface area (Å²) in [5.74, 6) is 0.806. The summed E-state index contributed by atoms with van der Waals surface area (Å²) in [5.41, 5.74) is 3.39. The summed E-state index contributed by atoms with van der Waals surface area (Å²) < 4.78 is 1.89. The Balaban J connectivity index is 0.00000324. The van der Waals surface area contributed by atoms with Crippen LogP contribution >= 0.6 is 24.0 Å². The summed E-state index contributed by atoms with van der Waals surface area (Å²) >= 11 is 0. The smallest absolute Gasteiger partial charge is 0.191 e. The van der Waals surface area contributed by atoms with Gasteiger partial charge in [0, 0.05) is 31.4 Å². The van der Waals surface area contributed by atoms with Crippen molar-refractivity contribution in [1.29, 1.82) is 0 Å². The molecule has 0 saturated carbocycles. The van der Waals surface area contributed by atoms with E-state index in [-0.39, 0.29) is 24.0 Å². The third-order valence-electron chi connectivity index (χ3n) is 2.81. The van der Waals surface area contributed by atoms with E-state index < -0.39 is 0 Å². The lowest BCUT2D eigenvalue weighted by atomic mass is 10.2. The molecule has 0 aromatic carbocycles. The van der Waals surface area contributed by atoms with E-state index in [1.165, 1.54) is 5.56 Å². The van der Waals surface area contributed by atoms with Crippen molar-refractivity contribution in [2.24, 2.45) is 12.0 Å². The molecular weight excluding hydrogens is 353 g/mol. The summed E-state index contributed by atoms with van der Waals surface area (Å²) in [7, 11) is 1.96. The average Bonchev–Trinajstić information content (AvgIpc) is 2.58. The minimum Gasteiger partial charge on any atom is -0.357 e. The fraction of sp³-hybridized carbons (Fsp3) is 0.538. The number of rotatable bonds is 5. The molecule has 1 aromatic rings. The molecule has 19 heavy (non-hydrogen) atoms. The van der Waals surface area contributed by atoms with E-state index in [1.807, 2.05) is 31.7 Å². The summed E-state index contributed by atoms with van der Waals surface area (Å²) in [5, 5.41) is 10.8. The number of aliphatic imine (C=N–C) groups is 1. The maximum atomic E-state index is 4.55. The lowest BCUT2D eigenvalue weighted by molar-refractivity contribution is 0.730. The van der Waals surface area contributed by atoms with Crippen LogP contribution in [0.25, 0.3) is 0 Å². The van der Waals surface area contributed by atoms with E-state index in [1.54, 1.807) is 0 Å². The van der Waals surface area contributed by atoms with Crippen LogP contribution < -0.4 is 10.6 Å². The summed E-state index contributed by atoms with van der Waals surface area (Å²) in [4.78, 5) is 4.55. The average molecular weight is 377 g/mol. The first-order chi connectivity index (χ1) is 8.60. The van der Waals surface area contributed by atoms with Gasteiger partial charge in [-0.2, -0.15) is 5.10 Å². The molecule has 6 heteroatoms. The minimum absolute atomic E-state index is 0. The number of hydrogen-bond acceptors (Lipinski definition) is 2. The number of nitrogens with one attached hydrogen (secondary N) is 2. The molecule has 0 aliphatic heterocycles. The Labute approximate surface area is 132 Å². The molecule has 0 saturated heterocycles. The Morgan fingerprint density at radius 1 is 1.42 bits per heavy atom. The van der Waals surface area contributed by atoms with Crippen LogP contribution in [0, 0.1) is 13.8 Å². The standard InChI is InChI=1S/C13H23N5.HI/c1-6-8-15-13(14-7-2)16-9-12-10(3)17-18(5)11(12)4;/h6H,1,7-9H2,2-5H3,(H2,14,15,16);1H. The first-order valence-electron chi connectivity index (χ1n) is 6.22. The fourth-order valence-electron chi connectivity index (χ4n) is 1.72. The second kappa shape index (κ2) is 8.95. The van der Waals surface area contributed by atoms with Crippen molar-refractivity contribution < 1.29 is 0 Å². The molecule has 0 atom stereocenters. The molecular formula is C13H24IN5. The van der Waals surface area contributed by atoms with Gasteiger partial charge < -0.3 is 10.6 Å². The molecule has 2 N–H and O–H groups in total. The van der Waals surface area contributed by atoms with E-state index in [0.29, 0.717) is 13.1 Å². The van der Waals surface area contributed by atoms with Crippen LogP contribution in [0.1, 0.15) is 23.9 Å². The van der Waals surface area contributed by atoms with Gasteiger partial charge in [0.25, 0.3) is 0 Å². The van der Waals surface area contributed by atoms with E-state index in [0.717, 1.165) is 23.9 Å². The first-order valence-corrected chi connectivity index (χ1v) is 6.22. The Kier molecular flexibility index (Phi) is 8.46. The Hall–Kier alpha value is -1.05. The van der Waals surface area contributed by atoms with Crippen molar-refractivity contribution in [2.45, 2.75) is 27.3 Å². The highest BCUT2D eigenvalue weighted by molar-refractivity contribution is 14.0. The predicted molar refractivity (Wildman–Crippen MR) is 91.1 cm³/mol. The van der Waals surface area contributed by atoms with Crippen LogP contribution in [0.15, 0.2) is 17.6 Å². The molecule has 0 aliphatic rings. The fourth-order valence-corrected chi connectivity index (χ4v) is 1.72. The van der Waals surface area contributed by atoms with Crippen LogP contribution in [0.3, 0.4) is 0 Å². The molecule has 1 aromatic heterocycles. The Morgan fingerprint density at radius 2 is 2.11 bits per heavy atom. The second-order valence-corrected chi connectivity index (χ2v) is 4.14. The van der Waals surface area contributed by atoms with Gasteiger partial charge in [0.15, 0.2) is 5.96 Å². The quantitative estimate of drug-likeness (QED) is 0.357. The van der Waals surface area contributed by atoms with Gasteiger partial charge in [0.05, 0.1) is 12.2 Å². The van der Waals surface area contributed by atoms with Crippen molar-refractivity contribution in [3.63, 3.8) is 0 Å². The molecule has 0 spiro atoms. The third-order valence-corrected chi connectivity index (χ3v) is 2.81. The van der Waals surface area contributed by atoms with Crippen molar-refractivity contribution in [3.8, 4) is 0 Å². The van der Waals surface area contributed by atoms with Crippen LogP contribution in [0.5, 0.6) is 0 Å². The highest BCUT2D eigenvalue weighted by Gasteiger charge is 2.08. The van der Waals surface area contributed by atoms with Crippen LogP contribution in [0.2, 0.25) is 0 Å². The molecule has 108 valence electrons. The molecule has 0 unspecified atom stereocenters. The molecule has 5 nitrogen and oxygen atoms in total. The lowest BCUT2D eigenvalue weighted by Crippen LogP contribution is -2.37. The number of halogens is 1. The van der Waals surface area contributed by atoms with Gasteiger partial charge in [-0.1, -0.05) is 6.08 Å². The monoisotopic (exact) mass is 377 g/mol. The van der Waals surface area contributed by atoms with Crippen molar-refractivity contribution in [3.05, 3.63) is 29.6 Å². The molecule has 1 rings (SSSR count). The third kappa shape index (κ3) is 5.22. The normalized spacial score (nSPS) is 10.8. The maximum absolute atomic E-state index is 4.55. The maximum Gasteiger partial charge on any atom is 0.191 e. The van der Waals surface area contributed by atoms with Gasteiger partial charge in [-0.25, -0.2) is 4.99 Å². The van der Waals surface area contributed by atoms with Crippen LogP contribution in [-0.4, -0.2) is 28.8 Å². The highest BCUT2D eigenvalue weighted by Crippen LogP contribution is 2.12.